The van der Waals surface area contributed by atoms with Crippen LogP contribution in [0.25, 0.3) is 0 Å². The Labute approximate surface area is 79.3 Å². The van der Waals surface area contributed by atoms with E-state index in [1.165, 1.54) is 4.57 Å². The summed E-state index contributed by atoms with van der Waals surface area (Å²) in [5.41, 5.74) is 0.697. The molecule has 2 N–H and O–H groups in total. The maximum Gasteiger partial charge on any atom is 0.257 e. The van der Waals surface area contributed by atoms with Crippen molar-refractivity contribution in [2.24, 2.45) is 12.2 Å². The zero-order valence-electron chi connectivity index (χ0n) is 7.24. The van der Waals surface area contributed by atoms with Crippen molar-refractivity contribution >= 4 is 18.4 Å². The number of hydrogen-bond donors (Lipinski definition) is 2. The molecule has 0 atom stereocenters. The summed E-state index contributed by atoms with van der Waals surface area (Å²) in [5, 5.41) is 11.1. The fourth-order valence-electron chi connectivity index (χ4n) is 0.939. The van der Waals surface area contributed by atoms with Crippen molar-refractivity contribution in [3.63, 3.8) is 0 Å². The molecule has 0 aromatic carbocycles. The van der Waals surface area contributed by atoms with Gasteiger partial charge in [-0.1, -0.05) is 5.16 Å². The van der Waals surface area contributed by atoms with E-state index in [1.807, 2.05) is 0 Å². The van der Waals surface area contributed by atoms with Crippen LogP contribution in [0.15, 0.2) is 9.95 Å². The van der Waals surface area contributed by atoms with Gasteiger partial charge in [-0.05, 0) is 19.1 Å². The van der Waals surface area contributed by atoms with E-state index in [9.17, 15) is 4.79 Å². The first-order valence-corrected chi connectivity index (χ1v) is 3.96. The van der Waals surface area contributed by atoms with Crippen LogP contribution in [0.1, 0.15) is 11.3 Å². The summed E-state index contributed by atoms with van der Waals surface area (Å²) in [4.78, 5) is 14.2. The van der Waals surface area contributed by atoms with Gasteiger partial charge < -0.3 is 10.2 Å². The first kappa shape index (κ1) is 9.66. The average Bonchev–Trinajstić information content (AvgIpc) is 2.11. The van der Waals surface area contributed by atoms with Crippen molar-refractivity contribution in [2.45, 2.75) is 6.92 Å². The lowest BCUT2D eigenvalue weighted by atomic mass is 10.2. The summed E-state index contributed by atoms with van der Waals surface area (Å²) in [5.74, 6) is 0. The fraction of sp³-hybridized carbons (Fsp3) is 0.286. The van der Waals surface area contributed by atoms with Gasteiger partial charge in [0.15, 0.2) is 4.77 Å². The fourth-order valence-corrected chi connectivity index (χ4v) is 1.13. The van der Waals surface area contributed by atoms with Crippen molar-refractivity contribution < 1.29 is 5.21 Å². The SMILES string of the molecule is Cc1c(/C=N/O)[nH]c(=S)n(C)c1=O. The highest BCUT2D eigenvalue weighted by Crippen LogP contribution is 1.94. The molecule has 6 heteroatoms. The molecule has 1 rings (SSSR count). The monoisotopic (exact) mass is 199 g/mol. The highest BCUT2D eigenvalue weighted by Gasteiger charge is 2.03. The maximum absolute atomic E-state index is 11.4. The molecule has 0 amide bonds. The minimum Gasteiger partial charge on any atom is -0.411 e. The minimum atomic E-state index is -0.196. The number of oxime groups is 1. The standard InChI is InChI=1S/C7H9N3O2S/c1-4-5(3-8-12)9-7(13)10(2)6(4)11/h3,12H,1-2H3,(H,9,13)/b8-3+. The minimum absolute atomic E-state index is 0.196. The molecule has 0 fully saturated rings. The Morgan fingerprint density at radius 2 is 2.31 bits per heavy atom. The highest BCUT2D eigenvalue weighted by atomic mass is 32.1. The Kier molecular flexibility index (Phi) is 2.62. The highest BCUT2D eigenvalue weighted by molar-refractivity contribution is 7.71. The van der Waals surface area contributed by atoms with Crippen LogP contribution in [0.5, 0.6) is 0 Å². The Morgan fingerprint density at radius 1 is 1.69 bits per heavy atom. The predicted molar refractivity (Wildman–Crippen MR) is 51.0 cm³/mol. The molecule has 0 unspecified atom stereocenters. The largest absolute Gasteiger partial charge is 0.411 e. The molecule has 1 aromatic rings. The first-order chi connectivity index (χ1) is 6.07. The van der Waals surface area contributed by atoms with Crippen LogP contribution in [0.2, 0.25) is 0 Å². The van der Waals surface area contributed by atoms with Crippen molar-refractivity contribution in [1.82, 2.24) is 9.55 Å². The molecular formula is C7H9N3O2S. The molecular weight excluding hydrogens is 190 g/mol. The van der Waals surface area contributed by atoms with Crippen LogP contribution >= 0.6 is 12.2 Å². The van der Waals surface area contributed by atoms with E-state index < -0.39 is 0 Å². The Bertz CT molecular complexity index is 458. The number of aromatic amines is 1. The molecule has 0 saturated carbocycles. The van der Waals surface area contributed by atoms with E-state index in [0.29, 0.717) is 16.0 Å². The number of rotatable bonds is 1. The predicted octanol–water partition coefficient (Wildman–Crippen LogP) is 0.559. The van der Waals surface area contributed by atoms with E-state index in [0.717, 1.165) is 6.21 Å². The second-order valence-corrected chi connectivity index (χ2v) is 2.96. The summed E-state index contributed by atoms with van der Waals surface area (Å²) in [6, 6.07) is 0. The molecule has 0 radical (unpaired) electrons. The van der Waals surface area contributed by atoms with Crippen molar-refractivity contribution in [3.05, 3.63) is 26.4 Å². The van der Waals surface area contributed by atoms with E-state index >= 15 is 0 Å². The van der Waals surface area contributed by atoms with Gasteiger partial charge in [0.1, 0.15) is 0 Å². The molecule has 0 bridgehead atoms. The number of hydrogen-bond acceptors (Lipinski definition) is 4. The van der Waals surface area contributed by atoms with Gasteiger partial charge in [0.2, 0.25) is 0 Å². The Morgan fingerprint density at radius 3 is 2.85 bits per heavy atom. The summed E-state index contributed by atoms with van der Waals surface area (Å²) < 4.78 is 1.62. The van der Waals surface area contributed by atoms with E-state index in [1.54, 1.807) is 14.0 Å². The number of H-pyrrole nitrogens is 1. The van der Waals surface area contributed by atoms with Gasteiger partial charge in [0, 0.05) is 12.6 Å². The molecule has 1 heterocycles. The van der Waals surface area contributed by atoms with Gasteiger partial charge in [-0.2, -0.15) is 0 Å². The van der Waals surface area contributed by atoms with Crippen LogP contribution in [-0.4, -0.2) is 21.0 Å². The van der Waals surface area contributed by atoms with Crippen LogP contribution in [0.3, 0.4) is 0 Å². The van der Waals surface area contributed by atoms with Crippen LogP contribution in [0.4, 0.5) is 0 Å². The molecule has 1 aromatic heterocycles. The number of nitrogens with one attached hydrogen (secondary N) is 1. The van der Waals surface area contributed by atoms with Crippen LogP contribution in [0, 0.1) is 11.7 Å². The molecule has 0 aliphatic heterocycles. The quantitative estimate of drug-likeness (QED) is 0.300. The molecule has 0 spiro atoms. The number of nitrogens with zero attached hydrogens (tertiary/aromatic N) is 2. The van der Waals surface area contributed by atoms with Gasteiger partial charge in [-0.25, -0.2) is 0 Å². The lowest BCUT2D eigenvalue weighted by Crippen LogP contribution is -2.23. The third-order valence-corrected chi connectivity index (χ3v) is 2.14. The normalized spacial score (nSPS) is 10.9. The lowest BCUT2D eigenvalue weighted by molar-refractivity contribution is 0.321. The summed E-state index contributed by atoms with van der Waals surface area (Å²) in [6.45, 7) is 1.63. The van der Waals surface area contributed by atoms with Gasteiger partial charge in [-0.3, -0.25) is 9.36 Å². The first-order valence-electron chi connectivity index (χ1n) is 3.55. The van der Waals surface area contributed by atoms with Gasteiger partial charge >= 0.3 is 0 Å². The molecule has 5 nitrogen and oxygen atoms in total. The lowest BCUT2D eigenvalue weighted by Gasteiger charge is -2.02. The van der Waals surface area contributed by atoms with Gasteiger partial charge in [0.05, 0.1) is 11.9 Å². The Balaban J connectivity index is 3.60. The van der Waals surface area contributed by atoms with E-state index in [2.05, 4.69) is 10.1 Å². The molecule has 0 aliphatic rings. The van der Waals surface area contributed by atoms with Crippen molar-refractivity contribution in [1.29, 1.82) is 0 Å². The van der Waals surface area contributed by atoms with Crippen LogP contribution < -0.4 is 5.56 Å². The second-order valence-electron chi connectivity index (χ2n) is 2.58. The molecule has 0 aliphatic carbocycles. The zero-order chi connectivity index (χ0) is 10.0. The van der Waals surface area contributed by atoms with Crippen molar-refractivity contribution in [3.8, 4) is 0 Å². The maximum atomic E-state index is 11.4. The number of aromatic nitrogens is 2. The van der Waals surface area contributed by atoms with E-state index in [-0.39, 0.29) is 5.56 Å². The summed E-state index contributed by atoms with van der Waals surface area (Å²) >= 11 is 4.87. The second kappa shape index (κ2) is 3.53. The summed E-state index contributed by atoms with van der Waals surface area (Å²) in [6.07, 6.45) is 1.15. The van der Waals surface area contributed by atoms with Gasteiger partial charge in [-0.15, -0.1) is 0 Å². The van der Waals surface area contributed by atoms with Crippen LogP contribution in [-0.2, 0) is 7.05 Å². The summed E-state index contributed by atoms with van der Waals surface area (Å²) in [7, 11) is 1.58. The smallest absolute Gasteiger partial charge is 0.257 e. The third kappa shape index (κ3) is 1.67. The Hall–Kier alpha value is -1.43. The zero-order valence-corrected chi connectivity index (χ0v) is 8.05. The average molecular weight is 199 g/mol. The van der Waals surface area contributed by atoms with E-state index in [4.69, 9.17) is 17.4 Å². The molecule has 13 heavy (non-hydrogen) atoms. The third-order valence-electron chi connectivity index (χ3n) is 1.76. The molecule has 70 valence electrons. The topological polar surface area (TPSA) is 70.4 Å². The van der Waals surface area contributed by atoms with Gasteiger partial charge in [0.25, 0.3) is 5.56 Å². The van der Waals surface area contributed by atoms with Crippen molar-refractivity contribution in [2.75, 3.05) is 0 Å². The molecule has 0 saturated heterocycles.